The lowest BCUT2D eigenvalue weighted by molar-refractivity contribution is 0.195. The highest BCUT2D eigenvalue weighted by molar-refractivity contribution is 5.81. The van der Waals surface area contributed by atoms with Gasteiger partial charge in [0.2, 0.25) is 0 Å². The molecule has 1 fully saturated rings. The molecule has 0 aliphatic carbocycles. The Bertz CT molecular complexity index is 732. The summed E-state index contributed by atoms with van der Waals surface area (Å²) in [7, 11) is 2.17. The molecule has 2 heterocycles. The Balaban J connectivity index is 2.18. The first kappa shape index (κ1) is 14.3. The van der Waals surface area contributed by atoms with Crippen molar-refractivity contribution in [3.8, 4) is 0 Å². The Morgan fingerprint density at radius 2 is 2.05 bits per heavy atom. The maximum absolute atomic E-state index is 12.4. The molecule has 2 aromatic rings. The van der Waals surface area contributed by atoms with Gasteiger partial charge in [0.1, 0.15) is 11.3 Å². The van der Waals surface area contributed by atoms with Crippen LogP contribution in [0.3, 0.4) is 0 Å². The zero-order valence-corrected chi connectivity index (χ0v) is 13.3. The molecule has 112 valence electrons. The summed E-state index contributed by atoms with van der Waals surface area (Å²) in [6.45, 7) is 8.20. The van der Waals surface area contributed by atoms with Crippen molar-refractivity contribution >= 4 is 11.0 Å². The lowest BCUT2D eigenvalue weighted by atomic mass is 9.81. The third-order valence-electron chi connectivity index (χ3n) is 4.92. The van der Waals surface area contributed by atoms with Gasteiger partial charge in [0.05, 0.1) is 5.39 Å². The van der Waals surface area contributed by atoms with E-state index >= 15 is 0 Å². The Kier molecular flexibility index (Phi) is 3.62. The van der Waals surface area contributed by atoms with Gasteiger partial charge in [-0.15, -0.1) is 0 Å². The second-order valence-corrected chi connectivity index (χ2v) is 6.47. The first-order valence-corrected chi connectivity index (χ1v) is 7.70. The molecule has 2 unspecified atom stereocenters. The SMILES string of the molecule is Cc1oc2c(C3CCN(C)CC3C)cccc2c(=O)c1C. The smallest absolute Gasteiger partial charge is 0.195 e. The van der Waals surface area contributed by atoms with E-state index < -0.39 is 0 Å². The molecule has 0 N–H and O–H groups in total. The maximum atomic E-state index is 12.4. The summed E-state index contributed by atoms with van der Waals surface area (Å²) in [6, 6.07) is 6.01. The minimum atomic E-state index is 0.108. The van der Waals surface area contributed by atoms with Gasteiger partial charge in [-0.2, -0.15) is 0 Å². The third kappa shape index (κ3) is 2.40. The molecular weight excluding hydrogens is 262 g/mol. The molecule has 2 atom stereocenters. The van der Waals surface area contributed by atoms with Crippen LogP contribution in [0.5, 0.6) is 0 Å². The summed E-state index contributed by atoms with van der Waals surface area (Å²) in [6.07, 6.45) is 1.12. The Morgan fingerprint density at radius 3 is 2.76 bits per heavy atom. The average molecular weight is 285 g/mol. The number of hydrogen-bond donors (Lipinski definition) is 0. The molecule has 3 rings (SSSR count). The van der Waals surface area contributed by atoms with Gasteiger partial charge in [0.25, 0.3) is 0 Å². The number of benzene rings is 1. The van der Waals surface area contributed by atoms with Crippen LogP contribution in [0.15, 0.2) is 27.4 Å². The van der Waals surface area contributed by atoms with E-state index in [2.05, 4.69) is 24.9 Å². The molecule has 3 nitrogen and oxygen atoms in total. The predicted molar refractivity (Wildman–Crippen MR) is 86.0 cm³/mol. The molecule has 1 aromatic heterocycles. The quantitative estimate of drug-likeness (QED) is 0.804. The molecular formula is C18H23NO2. The number of piperidine rings is 1. The minimum Gasteiger partial charge on any atom is -0.461 e. The van der Waals surface area contributed by atoms with Gasteiger partial charge in [-0.25, -0.2) is 0 Å². The summed E-state index contributed by atoms with van der Waals surface area (Å²) >= 11 is 0. The summed E-state index contributed by atoms with van der Waals surface area (Å²) in [4.78, 5) is 14.8. The number of hydrogen-bond acceptors (Lipinski definition) is 3. The summed E-state index contributed by atoms with van der Waals surface area (Å²) < 4.78 is 6.02. The Hall–Kier alpha value is -1.61. The van der Waals surface area contributed by atoms with Crippen molar-refractivity contribution in [2.45, 2.75) is 33.1 Å². The number of aryl methyl sites for hydroxylation is 1. The van der Waals surface area contributed by atoms with Crippen LogP contribution in [0, 0.1) is 19.8 Å². The van der Waals surface area contributed by atoms with Crippen LogP contribution in [-0.2, 0) is 0 Å². The molecule has 0 spiro atoms. The third-order valence-corrected chi connectivity index (χ3v) is 4.92. The molecule has 21 heavy (non-hydrogen) atoms. The van der Waals surface area contributed by atoms with Gasteiger partial charge >= 0.3 is 0 Å². The predicted octanol–water partition coefficient (Wildman–Crippen LogP) is 3.47. The lowest BCUT2D eigenvalue weighted by Gasteiger charge is -2.35. The minimum absolute atomic E-state index is 0.108. The van der Waals surface area contributed by atoms with Crippen molar-refractivity contribution in [2.24, 2.45) is 5.92 Å². The zero-order valence-electron chi connectivity index (χ0n) is 13.3. The second kappa shape index (κ2) is 5.30. The monoisotopic (exact) mass is 285 g/mol. The molecule has 1 aliphatic heterocycles. The molecule has 3 heteroatoms. The maximum Gasteiger partial charge on any atom is 0.195 e. The standard InChI is InChI=1S/C18H23NO2/c1-11-10-19(4)9-8-14(11)15-6-5-7-16-17(20)12(2)13(3)21-18(15)16/h5-7,11,14H,8-10H2,1-4H3. The summed E-state index contributed by atoms with van der Waals surface area (Å²) in [5.74, 6) is 1.77. The van der Waals surface area contributed by atoms with E-state index in [-0.39, 0.29) is 5.43 Å². The molecule has 1 aromatic carbocycles. The topological polar surface area (TPSA) is 33.5 Å². The van der Waals surface area contributed by atoms with Gasteiger partial charge in [0.15, 0.2) is 5.43 Å². The highest BCUT2D eigenvalue weighted by Crippen LogP contribution is 2.36. The number of para-hydroxylation sites is 1. The highest BCUT2D eigenvalue weighted by Gasteiger charge is 2.28. The molecule has 1 saturated heterocycles. The van der Waals surface area contributed by atoms with E-state index in [4.69, 9.17) is 4.42 Å². The number of nitrogens with zero attached hydrogens (tertiary/aromatic N) is 1. The van der Waals surface area contributed by atoms with Crippen LogP contribution in [0.2, 0.25) is 0 Å². The zero-order chi connectivity index (χ0) is 15.1. The number of likely N-dealkylation sites (tertiary alicyclic amines) is 1. The van der Waals surface area contributed by atoms with Crippen LogP contribution in [0.25, 0.3) is 11.0 Å². The molecule has 0 saturated carbocycles. The van der Waals surface area contributed by atoms with Gasteiger partial charge in [-0.1, -0.05) is 19.1 Å². The van der Waals surface area contributed by atoms with Crippen LogP contribution < -0.4 is 5.43 Å². The fraction of sp³-hybridized carbons (Fsp3) is 0.500. The first-order valence-electron chi connectivity index (χ1n) is 7.70. The van der Waals surface area contributed by atoms with E-state index in [0.29, 0.717) is 11.8 Å². The van der Waals surface area contributed by atoms with E-state index in [1.54, 1.807) is 0 Å². The van der Waals surface area contributed by atoms with Crippen LogP contribution in [-0.4, -0.2) is 25.0 Å². The highest BCUT2D eigenvalue weighted by atomic mass is 16.3. The van der Waals surface area contributed by atoms with Crippen molar-refractivity contribution < 1.29 is 4.42 Å². The van der Waals surface area contributed by atoms with Gasteiger partial charge in [0, 0.05) is 12.1 Å². The van der Waals surface area contributed by atoms with E-state index in [0.717, 1.165) is 41.8 Å². The number of fused-ring (bicyclic) bond motifs is 1. The van der Waals surface area contributed by atoms with Crippen LogP contribution in [0.4, 0.5) is 0 Å². The molecule has 0 amide bonds. The van der Waals surface area contributed by atoms with Crippen molar-refractivity contribution in [1.82, 2.24) is 4.90 Å². The van der Waals surface area contributed by atoms with E-state index in [1.165, 1.54) is 5.56 Å². The normalized spacial score (nSPS) is 23.6. The summed E-state index contributed by atoms with van der Waals surface area (Å²) in [5, 5.41) is 0.724. The van der Waals surface area contributed by atoms with Gasteiger partial charge < -0.3 is 9.32 Å². The van der Waals surface area contributed by atoms with Crippen LogP contribution >= 0.6 is 0 Å². The van der Waals surface area contributed by atoms with E-state index in [1.807, 2.05) is 26.0 Å². The Morgan fingerprint density at radius 1 is 1.29 bits per heavy atom. The first-order chi connectivity index (χ1) is 9.99. The summed E-state index contributed by atoms with van der Waals surface area (Å²) in [5.41, 5.74) is 2.83. The van der Waals surface area contributed by atoms with E-state index in [9.17, 15) is 4.79 Å². The molecule has 0 radical (unpaired) electrons. The van der Waals surface area contributed by atoms with Crippen molar-refractivity contribution in [2.75, 3.05) is 20.1 Å². The fourth-order valence-electron chi connectivity index (χ4n) is 3.55. The van der Waals surface area contributed by atoms with Crippen molar-refractivity contribution in [3.05, 3.63) is 45.3 Å². The van der Waals surface area contributed by atoms with Crippen LogP contribution in [0.1, 0.15) is 36.1 Å². The van der Waals surface area contributed by atoms with Crippen molar-refractivity contribution in [3.63, 3.8) is 0 Å². The molecule has 0 bridgehead atoms. The average Bonchev–Trinajstić information content (AvgIpc) is 2.45. The second-order valence-electron chi connectivity index (χ2n) is 6.47. The van der Waals surface area contributed by atoms with Gasteiger partial charge in [-0.3, -0.25) is 4.79 Å². The van der Waals surface area contributed by atoms with Crippen molar-refractivity contribution in [1.29, 1.82) is 0 Å². The fourth-order valence-corrected chi connectivity index (χ4v) is 3.55. The lowest BCUT2D eigenvalue weighted by Crippen LogP contribution is -2.35. The Labute approximate surface area is 125 Å². The number of rotatable bonds is 1. The van der Waals surface area contributed by atoms with Gasteiger partial charge in [-0.05, 0) is 57.3 Å². The molecule has 1 aliphatic rings. The largest absolute Gasteiger partial charge is 0.461 e.